The Morgan fingerprint density at radius 2 is 1.61 bits per heavy atom. The molecule has 0 fully saturated rings. The predicted molar refractivity (Wildman–Crippen MR) is 87.6 cm³/mol. The Labute approximate surface area is 132 Å². The van der Waals surface area contributed by atoms with E-state index in [-0.39, 0.29) is 0 Å². The number of para-hydroxylation sites is 2. The molecule has 4 rings (SSSR count). The van der Waals surface area contributed by atoms with Crippen molar-refractivity contribution in [1.29, 1.82) is 10.5 Å². The fourth-order valence-corrected chi connectivity index (χ4v) is 2.89. The number of rotatable bonds is 1. The number of hydrogen-bond donors (Lipinski definition) is 0. The molecule has 0 spiro atoms. The van der Waals surface area contributed by atoms with Gasteiger partial charge in [0, 0.05) is 11.8 Å². The van der Waals surface area contributed by atoms with Crippen molar-refractivity contribution < 1.29 is 0 Å². The van der Waals surface area contributed by atoms with Gasteiger partial charge in [0.15, 0.2) is 5.65 Å². The van der Waals surface area contributed by atoms with Gasteiger partial charge in [-0.25, -0.2) is 4.98 Å². The molecule has 0 atom stereocenters. The van der Waals surface area contributed by atoms with Gasteiger partial charge in [-0.2, -0.15) is 10.5 Å². The van der Waals surface area contributed by atoms with Crippen LogP contribution >= 0.6 is 0 Å². The molecular weight excluding hydrogens is 284 g/mol. The van der Waals surface area contributed by atoms with Gasteiger partial charge in [-0.05, 0) is 17.7 Å². The van der Waals surface area contributed by atoms with Crippen LogP contribution in [0.15, 0.2) is 60.8 Å². The Bertz CT molecular complexity index is 1130. The zero-order chi connectivity index (χ0) is 15.8. The summed E-state index contributed by atoms with van der Waals surface area (Å²) in [7, 11) is 0. The molecule has 23 heavy (non-hydrogen) atoms. The molecule has 0 radical (unpaired) electrons. The molecule has 0 unspecified atom stereocenters. The highest BCUT2D eigenvalue weighted by molar-refractivity contribution is 5.88. The van der Waals surface area contributed by atoms with Gasteiger partial charge < -0.3 is 0 Å². The van der Waals surface area contributed by atoms with Gasteiger partial charge in [-0.3, -0.25) is 4.40 Å². The monoisotopic (exact) mass is 294 g/mol. The van der Waals surface area contributed by atoms with Crippen LogP contribution in [0.5, 0.6) is 0 Å². The van der Waals surface area contributed by atoms with E-state index in [0.29, 0.717) is 22.3 Å². The van der Waals surface area contributed by atoms with Crippen LogP contribution in [0.1, 0.15) is 11.1 Å². The van der Waals surface area contributed by atoms with Crippen molar-refractivity contribution >= 4 is 16.7 Å². The van der Waals surface area contributed by atoms with E-state index in [1.807, 2.05) is 59.0 Å². The Morgan fingerprint density at radius 1 is 0.870 bits per heavy atom. The largest absolute Gasteiger partial charge is 0.297 e. The fourth-order valence-electron chi connectivity index (χ4n) is 2.89. The van der Waals surface area contributed by atoms with E-state index in [1.165, 1.54) is 0 Å². The molecule has 2 aromatic heterocycles. The van der Waals surface area contributed by atoms with Crippen LogP contribution in [-0.2, 0) is 0 Å². The fraction of sp³-hybridized carbons (Fsp3) is 0. The maximum Gasteiger partial charge on any atom is 0.156 e. The minimum Gasteiger partial charge on any atom is -0.297 e. The zero-order valence-electron chi connectivity index (χ0n) is 12.1. The van der Waals surface area contributed by atoms with Gasteiger partial charge in [0.2, 0.25) is 0 Å². The van der Waals surface area contributed by atoms with E-state index in [9.17, 15) is 10.5 Å². The van der Waals surface area contributed by atoms with Crippen molar-refractivity contribution in [1.82, 2.24) is 9.38 Å². The molecular formula is C19H10N4. The molecule has 0 bridgehead atoms. The Morgan fingerprint density at radius 3 is 2.35 bits per heavy atom. The summed E-state index contributed by atoms with van der Waals surface area (Å²) < 4.78 is 1.82. The highest BCUT2D eigenvalue weighted by Crippen LogP contribution is 2.31. The molecule has 2 aromatic carbocycles. The summed E-state index contributed by atoms with van der Waals surface area (Å²) >= 11 is 0. The number of nitriles is 2. The van der Waals surface area contributed by atoms with Gasteiger partial charge in [0.25, 0.3) is 0 Å². The first-order chi connectivity index (χ1) is 11.3. The average Bonchev–Trinajstić information content (AvgIpc) is 2.99. The van der Waals surface area contributed by atoms with E-state index >= 15 is 0 Å². The van der Waals surface area contributed by atoms with Gasteiger partial charge in [0.05, 0.1) is 16.6 Å². The smallest absolute Gasteiger partial charge is 0.156 e. The minimum absolute atomic E-state index is 0.423. The van der Waals surface area contributed by atoms with Crippen LogP contribution in [0.2, 0.25) is 0 Å². The number of aromatic nitrogens is 2. The molecule has 0 aliphatic carbocycles. The number of pyridine rings is 1. The third kappa shape index (κ3) is 1.87. The molecule has 4 nitrogen and oxygen atoms in total. The SMILES string of the molecule is N#Cc1cn2c(nc3ccccc32)c(C#N)c1-c1ccccc1. The normalized spacial score (nSPS) is 10.5. The maximum absolute atomic E-state index is 9.71. The molecule has 0 N–H and O–H groups in total. The lowest BCUT2D eigenvalue weighted by Crippen LogP contribution is -1.97. The summed E-state index contributed by atoms with van der Waals surface area (Å²) in [5, 5.41) is 19.3. The lowest BCUT2D eigenvalue weighted by atomic mass is 9.97. The lowest BCUT2D eigenvalue weighted by molar-refractivity contribution is 1.20. The number of hydrogen-bond acceptors (Lipinski definition) is 3. The average molecular weight is 294 g/mol. The van der Waals surface area contributed by atoms with Crippen molar-refractivity contribution in [2.75, 3.05) is 0 Å². The Kier molecular flexibility index (Phi) is 2.83. The number of benzene rings is 2. The molecule has 0 aliphatic rings. The van der Waals surface area contributed by atoms with Crippen LogP contribution in [0.25, 0.3) is 27.8 Å². The van der Waals surface area contributed by atoms with Crippen molar-refractivity contribution in [2.24, 2.45) is 0 Å². The van der Waals surface area contributed by atoms with Crippen LogP contribution in [0, 0.1) is 22.7 Å². The quantitative estimate of drug-likeness (QED) is 0.535. The van der Waals surface area contributed by atoms with E-state index in [0.717, 1.165) is 16.6 Å². The summed E-state index contributed by atoms with van der Waals surface area (Å²) in [6, 6.07) is 21.6. The molecule has 2 heterocycles. The number of imidazole rings is 1. The van der Waals surface area contributed by atoms with Crippen LogP contribution in [0.4, 0.5) is 0 Å². The Hall–Kier alpha value is -3.63. The summed E-state index contributed by atoms with van der Waals surface area (Å²) in [5.74, 6) is 0. The van der Waals surface area contributed by atoms with Crippen LogP contribution in [-0.4, -0.2) is 9.38 Å². The predicted octanol–water partition coefficient (Wildman–Crippen LogP) is 3.90. The molecule has 4 heteroatoms. The first-order valence-electron chi connectivity index (χ1n) is 7.13. The molecule has 0 saturated carbocycles. The van der Waals surface area contributed by atoms with Crippen molar-refractivity contribution in [3.05, 3.63) is 71.9 Å². The molecule has 0 saturated heterocycles. The second kappa shape index (κ2) is 4.98. The summed E-state index contributed by atoms with van der Waals surface area (Å²) in [4.78, 5) is 4.58. The first kappa shape index (κ1) is 13.1. The second-order valence-electron chi connectivity index (χ2n) is 5.18. The van der Waals surface area contributed by atoms with Gasteiger partial charge in [0.1, 0.15) is 17.7 Å². The van der Waals surface area contributed by atoms with E-state index in [2.05, 4.69) is 17.1 Å². The molecule has 106 valence electrons. The second-order valence-corrected chi connectivity index (χ2v) is 5.18. The van der Waals surface area contributed by atoms with Crippen molar-refractivity contribution in [2.45, 2.75) is 0 Å². The van der Waals surface area contributed by atoms with Crippen LogP contribution in [0.3, 0.4) is 0 Å². The Balaban J connectivity index is 2.22. The first-order valence-corrected chi connectivity index (χ1v) is 7.13. The number of fused-ring (bicyclic) bond motifs is 3. The van der Waals surface area contributed by atoms with Crippen molar-refractivity contribution in [3.63, 3.8) is 0 Å². The summed E-state index contributed by atoms with van der Waals surface area (Å²) in [6.45, 7) is 0. The zero-order valence-corrected chi connectivity index (χ0v) is 12.1. The minimum atomic E-state index is 0.423. The van der Waals surface area contributed by atoms with E-state index < -0.39 is 0 Å². The highest BCUT2D eigenvalue weighted by atomic mass is 15.0. The third-order valence-electron chi connectivity index (χ3n) is 3.89. The highest BCUT2D eigenvalue weighted by Gasteiger charge is 2.18. The standard InChI is InChI=1S/C19H10N4/c20-10-14-12-23-17-9-5-4-8-16(17)22-19(23)15(11-21)18(14)13-6-2-1-3-7-13/h1-9,12H. The molecule has 4 aromatic rings. The summed E-state index contributed by atoms with van der Waals surface area (Å²) in [5.41, 5.74) is 4.63. The topological polar surface area (TPSA) is 64.9 Å². The van der Waals surface area contributed by atoms with E-state index in [4.69, 9.17) is 0 Å². The summed E-state index contributed by atoms with van der Waals surface area (Å²) in [6.07, 6.45) is 1.76. The van der Waals surface area contributed by atoms with E-state index in [1.54, 1.807) is 6.20 Å². The number of nitrogens with zero attached hydrogens (tertiary/aromatic N) is 4. The van der Waals surface area contributed by atoms with Gasteiger partial charge in [-0.1, -0.05) is 42.5 Å². The molecule has 0 amide bonds. The maximum atomic E-state index is 9.71. The lowest BCUT2D eigenvalue weighted by Gasteiger charge is -2.08. The van der Waals surface area contributed by atoms with Crippen molar-refractivity contribution in [3.8, 4) is 23.3 Å². The molecule has 0 aliphatic heterocycles. The van der Waals surface area contributed by atoms with Gasteiger partial charge in [-0.15, -0.1) is 0 Å². The third-order valence-corrected chi connectivity index (χ3v) is 3.89. The van der Waals surface area contributed by atoms with Gasteiger partial charge >= 0.3 is 0 Å². The van der Waals surface area contributed by atoms with Crippen LogP contribution < -0.4 is 0 Å².